The van der Waals surface area contributed by atoms with Crippen molar-refractivity contribution in [1.82, 2.24) is 14.9 Å². The minimum Gasteiger partial charge on any atom is -0.299 e. The molecule has 0 aliphatic heterocycles. The van der Waals surface area contributed by atoms with Gasteiger partial charge >= 0.3 is 0 Å². The minimum atomic E-state index is 0.554. The van der Waals surface area contributed by atoms with Crippen LogP contribution in [0.4, 0.5) is 0 Å². The normalized spacial score (nSPS) is 11.6. The fourth-order valence-corrected chi connectivity index (χ4v) is 3.79. The molecule has 0 saturated carbocycles. The van der Waals surface area contributed by atoms with E-state index in [1.54, 1.807) is 22.7 Å². The first-order valence-electron chi connectivity index (χ1n) is 6.33. The Kier molecular flexibility index (Phi) is 4.31. The molecule has 3 nitrogen and oxygen atoms in total. The Bertz CT molecular complexity index is 694. The number of hydrogen-bond acceptors (Lipinski definition) is 5. The monoisotopic (exact) mass is 323 g/mol. The summed E-state index contributed by atoms with van der Waals surface area (Å²) in [5.74, 6) is 0.790. The second-order valence-electron chi connectivity index (χ2n) is 4.64. The van der Waals surface area contributed by atoms with Crippen molar-refractivity contribution in [3.05, 3.63) is 44.8 Å². The van der Waals surface area contributed by atoms with Crippen LogP contribution in [0.2, 0.25) is 5.15 Å². The number of hydrogen-bond donors (Lipinski definition) is 0. The zero-order valence-corrected chi connectivity index (χ0v) is 13.4. The maximum atomic E-state index is 6.18. The molecule has 0 N–H and O–H groups in total. The highest BCUT2D eigenvalue weighted by Crippen LogP contribution is 2.25. The van der Waals surface area contributed by atoms with Gasteiger partial charge in [0, 0.05) is 16.8 Å². The molecular weight excluding hydrogens is 310 g/mol. The smallest absolute Gasteiger partial charge is 0.145 e. The molecule has 0 radical (unpaired) electrons. The van der Waals surface area contributed by atoms with Crippen molar-refractivity contribution in [3.8, 4) is 0 Å². The Labute approximate surface area is 130 Å². The molecule has 104 valence electrons. The Hall–Kier alpha value is -1.01. The van der Waals surface area contributed by atoms with E-state index in [-0.39, 0.29) is 0 Å². The number of aromatic nitrogens is 2. The lowest BCUT2D eigenvalue weighted by molar-refractivity contribution is 0.324. The van der Waals surface area contributed by atoms with E-state index < -0.39 is 0 Å². The van der Waals surface area contributed by atoms with Crippen LogP contribution in [0.3, 0.4) is 0 Å². The highest BCUT2D eigenvalue weighted by Gasteiger charge is 2.09. The van der Waals surface area contributed by atoms with Gasteiger partial charge in [0.25, 0.3) is 0 Å². The molecule has 0 bridgehead atoms. The van der Waals surface area contributed by atoms with Crippen LogP contribution in [0.15, 0.2) is 29.0 Å². The molecule has 20 heavy (non-hydrogen) atoms. The van der Waals surface area contributed by atoms with Gasteiger partial charge in [-0.05, 0) is 36.4 Å². The lowest BCUT2D eigenvalue weighted by atomic mass is 10.3. The van der Waals surface area contributed by atoms with Crippen molar-refractivity contribution < 1.29 is 0 Å². The average molecular weight is 324 g/mol. The van der Waals surface area contributed by atoms with Crippen molar-refractivity contribution >= 4 is 44.5 Å². The van der Waals surface area contributed by atoms with Crippen LogP contribution in [-0.4, -0.2) is 28.5 Å². The molecule has 3 aromatic heterocycles. The number of fused-ring (bicyclic) bond motifs is 1. The maximum absolute atomic E-state index is 6.18. The van der Waals surface area contributed by atoms with E-state index in [9.17, 15) is 0 Å². The largest absolute Gasteiger partial charge is 0.299 e. The Morgan fingerprint density at radius 3 is 2.90 bits per heavy atom. The van der Waals surface area contributed by atoms with Gasteiger partial charge in [0.2, 0.25) is 0 Å². The molecule has 0 fully saturated rings. The third-order valence-corrected chi connectivity index (χ3v) is 5.09. The SMILES string of the molecule is CN(CCc1cccs1)Cc1nc(Cl)c2ccsc2n1. The van der Waals surface area contributed by atoms with E-state index in [0.29, 0.717) is 5.15 Å². The number of likely N-dealkylation sites (N-methyl/N-ethyl adjacent to an activating group) is 1. The molecule has 3 aromatic rings. The van der Waals surface area contributed by atoms with Crippen molar-refractivity contribution in [3.63, 3.8) is 0 Å². The topological polar surface area (TPSA) is 29.0 Å². The average Bonchev–Trinajstić information content (AvgIpc) is 3.07. The lowest BCUT2D eigenvalue weighted by Crippen LogP contribution is -2.21. The molecular formula is C14H14ClN3S2. The molecule has 0 saturated heterocycles. The first-order valence-corrected chi connectivity index (χ1v) is 8.46. The summed E-state index contributed by atoms with van der Waals surface area (Å²) >= 11 is 9.59. The second kappa shape index (κ2) is 6.18. The van der Waals surface area contributed by atoms with Crippen LogP contribution in [0, 0.1) is 0 Å². The van der Waals surface area contributed by atoms with E-state index in [1.807, 2.05) is 11.4 Å². The van der Waals surface area contributed by atoms with E-state index >= 15 is 0 Å². The highest BCUT2D eigenvalue weighted by atomic mass is 35.5. The predicted molar refractivity (Wildman–Crippen MR) is 86.8 cm³/mol. The third-order valence-electron chi connectivity index (χ3n) is 3.06. The van der Waals surface area contributed by atoms with Crippen LogP contribution < -0.4 is 0 Å². The molecule has 0 amide bonds. The standard InChI is InChI=1S/C14H14ClN3S2/c1-18(6-4-10-3-2-7-19-10)9-12-16-13(15)11-5-8-20-14(11)17-12/h2-3,5,7-8H,4,6,9H2,1H3. The summed E-state index contributed by atoms with van der Waals surface area (Å²) in [4.78, 5) is 13.5. The predicted octanol–water partition coefficient (Wildman–Crippen LogP) is 4.08. The van der Waals surface area contributed by atoms with Gasteiger partial charge in [0.05, 0.1) is 6.54 Å². The first-order chi connectivity index (χ1) is 9.72. The number of thiophene rings is 2. The van der Waals surface area contributed by atoms with E-state index in [4.69, 9.17) is 11.6 Å². The Morgan fingerprint density at radius 2 is 2.10 bits per heavy atom. The number of halogens is 1. The lowest BCUT2D eigenvalue weighted by Gasteiger charge is -2.15. The van der Waals surface area contributed by atoms with Crippen LogP contribution >= 0.6 is 34.3 Å². The zero-order valence-electron chi connectivity index (χ0n) is 11.0. The summed E-state index contributed by atoms with van der Waals surface area (Å²) in [6.07, 6.45) is 1.06. The van der Waals surface area contributed by atoms with Gasteiger partial charge in [0.15, 0.2) is 0 Å². The van der Waals surface area contributed by atoms with Crippen LogP contribution in [0.5, 0.6) is 0 Å². The van der Waals surface area contributed by atoms with Gasteiger partial charge in [-0.1, -0.05) is 17.7 Å². The fraction of sp³-hybridized carbons (Fsp3) is 0.286. The molecule has 0 unspecified atom stereocenters. The van der Waals surface area contributed by atoms with Crippen LogP contribution in [0.25, 0.3) is 10.2 Å². The summed E-state index contributed by atoms with van der Waals surface area (Å²) in [5.41, 5.74) is 0. The first kappa shape index (κ1) is 13.9. The number of rotatable bonds is 5. The van der Waals surface area contributed by atoms with Gasteiger partial charge in [-0.15, -0.1) is 22.7 Å². The third kappa shape index (κ3) is 3.17. The van der Waals surface area contributed by atoms with Crippen molar-refractivity contribution in [2.75, 3.05) is 13.6 Å². The minimum absolute atomic E-state index is 0.554. The van der Waals surface area contributed by atoms with Gasteiger partial charge in [0.1, 0.15) is 15.8 Å². The van der Waals surface area contributed by atoms with Crippen molar-refractivity contribution in [2.24, 2.45) is 0 Å². The van der Waals surface area contributed by atoms with E-state index in [2.05, 4.69) is 39.4 Å². The molecule has 0 atom stereocenters. The van der Waals surface area contributed by atoms with E-state index in [1.165, 1.54) is 4.88 Å². The van der Waals surface area contributed by atoms with E-state index in [0.717, 1.165) is 35.6 Å². The van der Waals surface area contributed by atoms with Gasteiger partial charge in [-0.25, -0.2) is 9.97 Å². The van der Waals surface area contributed by atoms with Gasteiger partial charge in [-0.2, -0.15) is 0 Å². The highest BCUT2D eigenvalue weighted by molar-refractivity contribution is 7.16. The van der Waals surface area contributed by atoms with Crippen molar-refractivity contribution in [2.45, 2.75) is 13.0 Å². The quantitative estimate of drug-likeness (QED) is 0.662. The van der Waals surface area contributed by atoms with Crippen LogP contribution in [0.1, 0.15) is 10.7 Å². The zero-order chi connectivity index (χ0) is 13.9. The number of nitrogens with zero attached hydrogens (tertiary/aromatic N) is 3. The maximum Gasteiger partial charge on any atom is 0.145 e. The summed E-state index contributed by atoms with van der Waals surface area (Å²) in [5, 5.41) is 5.61. The van der Waals surface area contributed by atoms with Gasteiger partial charge < -0.3 is 0 Å². The second-order valence-corrected chi connectivity index (χ2v) is 6.92. The molecule has 3 heterocycles. The molecule has 0 aliphatic carbocycles. The van der Waals surface area contributed by atoms with Crippen molar-refractivity contribution in [1.29, 1.82) is 0 Å². The summed E-state index contributed by atoms with van der Waals surface area (Å²) in [6.45, 7) is 1.71. The molecule has 0 aromatic carbocycles. The van der Waals surface area contributed by atoms with Crippen LogP contribution in [-0.2, 0) is 13.0 Å². The molecule has 0 spiro atoms. The fourth-order valence-electron chi connectivity index (χ4n) is 2.01. The van der Waals surface area contributed by atoms with Gasteiger partial charge in [-0.3, -0.25) is 4.90 Å². The molecule has 0 aliphatic rings. The Balaban J connectivity index is 1.66. The Morgan fingerprint density at radius 1 is 1.20 bits per heavy atom. The summed E-state index contributed by atoms with van der Waals surface area (Å²) < 4.78 is 0. The summed E-state index contributed by atoms with van der Waals surface area (Å²) in [6, 6.07) is 6.23. The molecule has 6 heteroatoms. The summed E-state index contributed by atoms with van der Waals surface area (Å²) in [7, 11) is 2.09. The molecule has 3 rings (SSSR count).